The van der Waals surface area contributed by atoms with E-state index in [0.29, 0.717) is 11.9 Å². The maximum atomic E-state index is 12.5. The molecule has 0 radical (unpaired) electrons. The molecule has 0 aliphatic heterocycles. The minimum atomic E-state index is -3.65. The number of benzene rings is 1. The number of fused-ring (bicyclic) bond motifs is 1. The van der Waals surface area contributed by atoms with Crippen LogP contribution in [-0.4, -0.2) is 35.8 Å². The SMILES string of the molecule is CCC(C)N(C)S(=O)(=O)c1ccc2[nH]c(=O)c(=O)[nH]c2c1. The summed E-state index contributed by atoms with van der Waals surface area (Å²) in [7, 11) is -2.13. The molecule has 0 saturated heterocycles. The van der Waals surface area contributed by atoms with Crippen molar-refractivity contribution in [1.29, 1.82) is 0 Å². The average molecular weight is 311 g/mol. The highest BCUT2D eigenvalue weighted by Crippen LogP contribution is 2.20. The van der Waals surface area contributed by atoms with Crippen molar-refractivity contribution in [2.45, 2.75) is 31.2 Å². The zero-order chi connectivity index (χ0) is 15.8. The van der Waals surface area contributed by atoms with Gasteiger partial charge in [0.05, 0.1) is 15.9 Å². The Morgan fingerprint density at radius 2 is 1.71 bits per heavy atom. The van der Waals surface area contributed by atoms with Gasteiger partial charge in [-0.1, -0.05) is 6.92 Å². The van der Waals surface area contributed by atoms with E-state index in [0.717, 1.165) is 0 Å². The molecule has 0 fully saturated rings. The molecule has 0 spiro atoms. The van der Waals surface area contributed by atoms with Gasteiger partial charge in [0.15, 0.2) is 0 Å². The summed E-state index contributed by atoms with van der Waals surface area (Å²) in [4.78, 5) is 27.4. The molecule has 1 atom stereocenters. The molecule has 2 aromatic rings. The number of nitrogens with zero attached hydrogens (tertiary/aromatic N) is 1. The minimum absolute atomic E-state index is 0.0699. The fourth-order valence-electron chi connectivity index (χ4n) is 1.91. The first-order chi connectivity index (χ1) is 9.77. The molecule has 0 aliphatic carbocycles. The molecule has 0 amide bonds. The van der Waals surface area contributed by atoms with Crippen molar-refractivity contribution < 1.29 is 8.42 Å². The molecular formula is C13H17N3O4S. The van der Waals surface area contributed by atoms with Crippen molar-refractivity contribution in [3.05, 3.63) is 38.9 Å². The molecule has 0 saturated carbocycles. The van der Waals surface area contributed by atoms with E-state index in [9.17, 15) is 18.0 Å². The summed E-state index contributed by atoms with van der Waals surface area (Å²) in [6.45, 7) is 3.72. The van der Waals surface area contributed by atoms with Gasteiger partial charge in [-0.15, -0.1) is 0 Å². The molecular weight excluding hydrogens is 294 g/mol. The van der Waals surface area contributed by atoms with Crippen LogP contribution >= 0.6 is 0 Å². The van der Waals surface area contributed by atoms with Crippen LogP contribution in [0.5, 0.6) is 0 Å². The molecule has 21 heavy (non-hydrogen) atoms. The summed E-state index contributed by atoms with van der Waals surface area (Å²) in [6.07, 6.45) is 0.688. The van der Waals surface area contributed by atoms with Crippen LogP contribution in [-0.2, 0) is 10.0 Å². The highest BCUT2D eigenvalue weighted by Gasteiger charge is 2.24. The molecule has 0 aliphatic rings. The van der Waals surface area contributed by atoms with Gasteiger partial charge in [0, 0.05) is 13.1 Å². The Labute approximate surface area is 121 Å². The number of rotatable bonds is 4. The number of sulfonamides is 1. The van der Waals surface area contributed by atoms with Gasteiger partial charge >= 0.3 is 11.1 Å². The number of H-pyrrole nitrogens is 2. The quantitative estimate of drug-likeness (QED) is 0.808. The predicted octanol–water partition coefficient (Wildman–Crippen LogP) is 0.635. The minimum Gasteiger partial charge on any atom is -0.316 e. The molecule has 2 N–H and O–H groups in total. The lowest BCUT2D eigenvalue weighted by atomic mass is 10.3. The normalized spacial score (nSPS) is 13.7. The Hall–Kier alpha value is -1.93. The molecule has 1 heterocycles. The van der Waals surface area contributed by atoms with Gasteiger partial charge in [-0.05, 0) is 31.5 Å². The number of aromatic amines is 2. The van der Waals surface area contributed by atoms with Crippen molar-refractivity contribution in [3.63, 3.8) is 0 Å². The average Bonchev–Trinajstić information content (AvgIpc) is 2.46. The Morgan fingerprint density at radius 1 is 1.14 bits per heavy atom. The van der Waals surface area contributed by atoms with Gasteiger partial charge in [0.2, 0.25) is 10.0 Å². The third-order valence-corrected chi connectivity index (χ3v) is 5.55. The maximum Gasteiger partial charge on any atom is 0.314 e. The fourth-order valence-corrected chi connectivity index (χ4v) is 3.38. The van der Waals surface area contributed by atoms with Gasteiger partial charge in [0.1, 0.15) is 0 Å². The standard InChI is InChI=1S/C13H17N3O4S/c1-4-8(2)16(3)21(19,20)9-5-6-10-11(7-9)15-13(18)12(17)14-10/h5-8H,4H2,1-3H3,(H,14,17)(H,15,18). The lowest BCUT2D eigenvalue weighted by Crippen LogP contribution is -2.34. The molecule has 114 valence electrons. The summed E-state index contributed by atoms with van der Waals surface area (Å²) < 4.78 is 26.3. The van der Waals surface area contributed by atoms with E-state index < -0.39 is 21.1 Å². The summed E-state index contributed by atoms with van der Waals surface area (Å²) in [5, 5.41) is 0. The van der Waals surface area contributed by atoms with Crippen LogP contribution < -0.4 is 11.1 Å². The summed E-state index contributed by atoms with van der Waals surface area (Å²) >= 11 is 0. The lowest BCUT2D eigenvalue weighted by molar-refractivity contribution is 0.380. The highest BCUT2D eigenvalue weighted by atomic mass is 32.2. The predicted molar refractivity (Wildman–Crippen MR) is 79.9 cm³/mol. The van der Waals surface area contributed by atoms with E-state index in [-0.39, 0.29) is 16.5 Å². The van der Waals surface area contributed by atoms with Gasteiger partial charge in [0.25, 0.3) is 0 Å². The van der Waals surface area contributed by atoms with E-state index in [2.05, 4.69) is 9.97 Å². The Kier molecular flexibility index (Phi) is 4.02. The topological polar surface area (TPSA) is 103 Å². The molecule has 0 bridgehead atoms. The third-order valence-electron chi connectivity index (χ3n) is 3.58. The van der Waals surface area contributed by atoms with Crippen molar-refractivity contribution in [2.24, 2.45) is 0 Å². The summed E-state index contributed by atoms with van der Waals surface area (Å²) in [5.74, 6) is 0. The highest BCUT2D eigenvalue weighted by molar-refractivity contribution is 7.89. The maximum absolute atomic E-state index is 12.5. The monoisotopic (exact) mass is 311 g/mol. The lowest BCUT2D eigenvalue weighted by Gasteiger charge is -2.23. The molecule has 2 rings (SSSR count). The molecule has 1 aromatic heterocycles. The zero-order valence-corrected chi connectivity index (χ0v) is 12.8. The van der Waals surface area contributed by atoms with Crippen molar-refractivity contribution in [1.82, 2.24) is 14.3 Å². The van der Waals surface area contributed by atoms with Crippen LogP contribution in [0.2, 0.25) is 0 Å². The molecule has 7 nitrogen and oxygen atoms in total. The van der Waals surface area contributed by atoms with Crippen molar-refractivity contribution >= 4 is 21.1 Å². The Morgan fingerprint density at radius 3 is 2.29 bits per heavy atom. The van der Waals surface area contributed by atoms with Crippen LogP contribution in [0.25, 0.3) is 11.0 Å². The van der Waals surface area contributed by atoms with Gasteiger partial charge in [-0.25, -0.2) is 8.42 Å². The fraction of sp³-hybridized carbons (Fsp3) is 0.385. The van der Waals surface area contributed by atoms with Crippen molar-refractivity contribution in [2.75, 3.05) is 7.05 Å². The number of aromatic nitrogens is 2. The molecule has 1 aromatic carbocycles. The zero-order valence-electron chi connectivity index (χ0n) is 12.0. The van der Waals surface area contributed by atoms with Crippen LogP contribution in [0.1, 0.15) is 20.3 Å². The summed E-state index contributed by atoms with van der Waals surface area (Å²) in [6, 6.07) is 4.08. The van der Waals surface area contributed by atoms with E-state index in [4.69, 9.17) is 0 Å². The number of nitrogens with one attached hydrogen (secondary N) is 2. The van der Waals surface area contributed by atoms with Crippen LogP contribution in [0.15, 0.2) is 32.7 Å². The number of hydrogen-bond acceptors (Lipinski definition) is 4. The third kappa shape index (κ3) is 2.77. The smallest absolute Gasteiger partial charge is 0.314 e. The number of hydrogen-bond donors (Lipinski definition) is 2. The van der Waals surface area contributed by atoms with E-state index in [1.54, 1.807) is 0 Å². The molecule has 1 unspecified atom stereocenters. The largest absolute Gasteiger partial charge is 0.316 e. The van der Waals surface area contributed by atoms with E-state index in [1.165, 1.54) is 29.6 Å². The second-order valence-electron chi connectivity index (χ2n) is 4.89. The van der Waals surface area contributed by atoms with Gasteiger partial charge in [-0.3, -0.25) is 9.59 Å². The van der Waals surface area contributed by atoms with Gasteiger partial charge < -0.3 is 9.97 Å². The molecule has 8 heteroatoms. The second kappa shape index (κ2) is 5.45. The first-order valence-corrected chi connectivity index (χ1v) is 7.95. The van der Waals surface area contributed by atoms with Crippen LogP contribution in [0.3, 0.4) is 0 Å². The first kappa shape index (κ1) is 15.5. The Balaban J connectivity index is 2.60. The second-order valence-corrected chi connectivity index (χ2v) is 6.89. The Bertz CT molecular complexity index is 882. The van der Waals surface area contributed by atoms with E-state index in [1.807, 2.05) is 13.8 Å². The van der Waals surface area contributed by atoms with Crippen LogP contribution in [0.4, 0.5) is 0 Å². The van der Waals surface area contributed by atoms with Gasteiger partial charge in [-0.2, -0.15) is 4.31 Å². The first-order valence-electron chi connectivity index (χ1n) is 6.51. The summed E-state index contributed by atoms with van der Waals surface area (Å²) in [5.41, 5.74) is -0.926. The van der Waals surface area contributed by atoms with E-state index >= 15 is 0 Å². The van der Waals surface area contributed by atoms with Crippen LogP contribution in [0, 0.1) is 0 Å². The van der Waals surface area contributed by atoms with Crippen molar-refractivity contribution in [3.8, 4) is 0 Å².